The number of benzene rings is 1. The van der Waals surface area contributed by atoms with E-state index in [1.165, 1.54) is 0 Å². The molecule has 2 aromatic rings. The fraction of sp³-hybridized carbons (Fsp3) is 0.533. The zero-order chi connectivity index (χ0) is 14.9. The lowest BCUT2D eigenvalue weighted by atomic mass is 9.85. The predicted octanol–water partition coefficient (Wildman–Crippen LogP) is 2.25. The summed E-state index contributed by atoms with van der Waals surface area (Å²) in [6.07, 6.45) is 2.75. The fourth-order valence-corrected chi connectivity index (χ4v) is 3.43. The lowest BCUT2D eigenvalue weighted by Gasteiger charge is -2.38. The number of hydrogen-bond donors (Lipinski definition) is 3. The van der Waals surface area contributed by atoms with Crippen LogP contribution in [0.4, 0.5) is 5.95 Å². The van der Waals surface area contributed by atoms with Crippen molar-refractivity contribution in [1.29, 1.82) is 0 Å². The van der Waals surface area contributed by atoms with Crippen LogP contribution in [0.15, 0.2) is 22.7 Å². The van der Waals surface area contributed by atoms with Gasteiger partial charge in [-0.05, 0) is 50.6 Å². The number of aromatic nitrogens is 2. The van der Waals surface area contributed by atoms with Gasteiger partial charge in [-0.3, -0.25) is 0 Å². The minimum Gasteiger partial charge on any atom is -0.396 e. The van der Waals surface area contributed by atoms with Crippen LogP contribution in [-0.2, 0) is 7.05 Å². The van der Waals surface area contributed by atoms with E-state index in [1.807, 2.05) is 19.2 Å². The molecule has 0 bridgehead atoms. The molecule has 6 heteroatoms. The maximum atomic E-state index is 9.41. The first-order valence-electron chi connectivity index (χ1n) is 7.35. The van der Waals surface area contributed by atoms with Crippen LogP contribution in [0.1, 0.15) is 19.3 Å². The van der Waals surface area contributed by atoms with Crippen molar-refractivity contribution in [2.45, 2.75) is 24.8 Å². The van der Waals surface area contributed by atoms with Gasteiger partial charge in [-0.1, -0.05) is 15.9 Å². The Kier molecular flexibility index (Phi) is 4.19. The quantitative estimate of drug-likeness (QED) is 0.789. The third kappa shape index (κ3) is 2.93. The third-order valence-corrected chi connectivity index (χ3v) is 4.86. The first-order valence-corrected chi connectivity index (χ1v) is 8.15. The lowest BCUT2D eigenvalue weighted by Crippen LogP contribution is -2.48. The summed E-state index contributed by atoms with van der Waals surface area (Å²) in [5, 5.41) is 16.4. The van der Waals surface area contributed by atoms with E-state index in [2.05, 4.69) is 37.2 Å². The summed E-state index contributed by atoms with van der Waals surface area (Å²) in [5.41, 5.74) is 2.02. The number of aliphatic hydroxyl groups excluding tert-OH is 1. The van der Waals surface area contributed by atoms with Crippen LogP contribution in [0.5, 0.6) is 0 Å². The number of imidazole rings is 1. The molecule has 1 saturated heterocycles. The van der Waals surface area contributed by atoms with E-state index in [-0.39, 0.29) is 12.1 Å². The number of aliphatic hydroxyl groups is 1. The van der Waals surface area contributed by atoms with Crippen LogP contribution in [-0.4, -0.2) is 39.9 Å². The maximum absolute atomic E-state index is 9.41. The predicted molar refractivity (Wildman–Crippen MR) is 88.6 cm³/mol. The number of piperidine rings is 1. The van der Waals surface area contributed by atoms with Crippen molar-refractivity contribution < 1.29 is 5.11 Å². The van der Waals surface area contributed by atoms with Crippen LogP contribution in [0.3, 0.4) is 0 Å². The van der Waals surface area contributed by atoms with Crippen LogP contribution >= 0.6 is 15.9 Å². The summed E-state index contributed by atoms with van der Waals surface area (Å²) in [7, 11) is 2.03. The Morgan fingerprint density at radius 1 is 1.43 bits per heavy atom. The first-order chi connectivity index (χ1) is 10.1. The molecule has 1 aromatic carbocycles. The summed E-state index contributed by atoms with van der Waals surface area (Å²) >= 11 is 3.49. The molecule has 0 atom stereocenters. The molecular weight excluding hydrogens is 332 g/mol. The van der Waals surface area contributed by atoms with Gasteiger partial charge >= 0.3 is 0 Å². The lowest BCUT2D eigenvalue weighted by molar-refractivity contribution is 0.220. The highest BCUT2D eigenvalue weighted by molar-refractivity contribution is 9.10. The number of aryl methyl sites for hydroxylation is 1. The smallest absolute Gasteiger partial charge is 0.204 e. The van der Waals surface area contributed by atoms with Crippen molar-refractivity contribution >= 4 is 32.9 Å². The van der Waals surface area contributed by atoms with Crippen molar-refractivity contribution in [3.8, 4) is 0 Å². The number of nitrogens with one attached hydrogen (secondary N) is 2. The zero-order valence-corrected chi connectivity index (χ0v) is 13.8. The number of nitrogens with zero attached hydrogens (tertiary/aromatic N) is 2. The SMILES string of the molecule is Cn1c(NC2(CCO)CCNCC2)nc2cc(Br)ccc21. The van der Waals surface area contributed by atoms with Gasteiger partial charge in [0.25, 0.3) is 0 Å². The van der Waals surface area contributed by atoms with E-state index in [9.17, 15) is 5.11 Å². The molecule has 0 amide bonds. The number of fused-ring (bicyclic) bond motifs is 1. The molecule has 0 radical (unpaired) electrons. The summed E-state index contributed by atoms with van der Waals surface area (Å²) in [5.74, 6) is 0.874. The summed E-state index contributed by atoms with van der Waals surface area (Å²) in [4.78, 5) is 4.71. The minimum absolute atomic E-state index is 0.0631. The molecule has 1 fully saturated rings. The van der Waals surface area contributed by atoms with Crippen LogP contribution in [0.25, 0.3) is 11.0 Å². The Hall–Kier alpha value is -1.11. The molecule has 21 heavy (non-hydrogen) atoms. The summed E-state index contributed by atoms with van der Waals surface area (Å²) in [6.45, 7) is 2.15. The highest BCUT2D eigenvalue weighted by Crippen LogP contribution is 2.29. The molecule has 0 unspecified atom stereocenters. The molecule has 1 aliphatic rings. The van der Waals surface area contributed by atoms with Gasteiger partial charge in [0.1, 0.15) is 0 Å². The summed E-state index contributed by atoms with van der Waals surface area (Å²) in [6, 6.07) is 6.13. The molecule has 114 valence electrons. The Labute approximate surface area is 132 Å². The van der Waals surface area contributed by atoms with Gasteiger partial charge in [-0.15, -0.1) is 0 Å². The third-order valence-electron chi connectivity index (χ3n) is 4.37. The molecule has 5 nitrogen and oxygen atoms in total. The van der Waals surface area contributed by atoms with Gasteiger partial charge in [0.05, 0.1) is 11.0 Å². The normalized spacial score (nSPS) is 18.0. The van der Waals surface area contributed by atoms with Gasteiger partial charge in [-0.25, -0.2) is 4.98 Å². The molecule has 0 spiro atoms. The highest BCUT2D eigenvalue weighted by atomic mass is 79.9. The van der Waals surface area contributed by atoms with Gasteiger partial charge in [-0.2, -0.15) is 0 Å². The average molecular weight is 353 g/mol. The minimum atomic E-state index is -0.0631. The first kappa shape index (κ1) is 14.8. The van der Waals surface area contributed by atoms with Gasteiger partial charge in [0.15, 0.2) is 0 Å². The molecule has 1 aliphatic heterocycles. The van der Waals surface area contributed by atoms with Gasteiger partial charge in [0.2, 0.25) is 5.95 Å². The fourth-order valence-electron chi connectivity index (χ4n) is 3.08. The molecule has 3 rings (SSSR count). The number of anilines is 1. The topological polar surface area (TPSA) is 62.1 Å². The number of rotatable bonds is 4. The van der Waals surface area contributed by atoms with Crippen LogP contribution in [0, 0.1) is 0 Å². The Morgan fingerprint density at radius 3 is 2.90 bits per heavy atom. The van der Waals surface area contributed by atoms with E-state index in [4.69, 9.17) is 4.98 Å². The zero-order valence-electron chi connectivity index (χ0n) is 12.2. The second-order valence-electron chi connectivity index (χ2n) is 5.76. The van der Waals surface area contributed by atoms with E-state index in [0.29, 0.717) is 0 Å². The van der Waals surface area contributed by atoms with E-state index in [0.717, 1.165) is 53.8 Å². The van der Waals surface area contributed by atoms with Gasteiger partial charge in [0, 0.05) is 23.7 Å². The van der Waals surface area contributed by atoms with Crippen molar-refractivity contribution in [3.05, 3.63) is 22.7 Å². The van der Waals surface area contributed by atoms with Crippen molar-refractivity contribution in [2.75, 3.05) is 25.0 Å². The van der Waals surface area contributed by atoms with Crippen LogP contribution in [0.2, 0.25) is 0 Å². The van der Waals surface area contributed by atoms with Gasteiger partial charge < -0.3 is 20.3 Å². The maximum Gasteiger partial charge on any atom is 0.204 e. The van der Waals surface area contributed by atoms with Crippen molar-refractivity contribution in [1.82, 2.24) is 14.9 Å². The second kappa shape index (κ2) is 5.94. The Morgan fingerprint density at radius 2 is 2.19 bits per heavy atom. The Balaban J connectivity index is 1.93. The molecular formula is C15H21BrN4O. The van der Waals surface area contributed by atoms with E-state index < -0.39 is 0 Å². The summed E-state index contributed by atoms with van der Waals surface area (Å²) < 4.78 is 3.12. The molecule has 0 aliphatic carbocycles. The monoisotopic (exact) mass is 352 g/mol. The Bertz CT molecular complexity index is 628. The average Bonchev–Trinajstić information content (AvgIpc) is 2.76. The number of halogens is 1. The van der Waals surface area contributed by atoms with Crippen molar-refractivity contribution in [2.24, 2.45) is 7.05 Å². The van der Waals surface area contributed by atoms with Crippen LogP contribution < -0.4 is 10.6 Å². The standard InChI is InChI=1S/C15H21BrN4O/c1-20-13-3-2-11(16)10-12(13)18-14(20)19-15(6-9-21)4-7-17-8-5-15/h2-3,10,17,21H,4-9H2,1H3,(H,18,19). The van der Waals surface area contributed by atoms with E-state index in [1.54, 1.807) is 0 Å². The molecule has 3 N–H and O–H groups in total. The largest absolute Gasteiger partial charge is 0.396 e. The molecule has 1 aromatic heterocycles. The van der Waals surface area contributed by atoms with E-state index >= 15 is 0 Å². The second-order valence-corrected chi connectivity index (χ2v) is 6.67. The van der Waals surface area contributed by atoms with Crippen molar-refractivity contribution in [3.63, 3.8) is 0 Å². The molecule has 0 saturated carbocycles. The number of hydrogen-bond acceptors (Lipinski definition) is 4. The highest BCUT2D eigenvalue weighted by Gasteiger charge is 2.32. The molecule has 2 heterocycles.